The van der Waals surface area contributed by atoms with Crippen molar-refractivity contribution in [3.8, 4) is 29.0 Å². The highest BCUT2D eigenvalue weighted by molar-refractivity contribution is 5.64. The first-order valence-electron chi connectivity index (χ1n) is 12.5. The fourth-order valence-corrected chi connectivity index (χ4v) is 4.30. The van der Waals surface area contributed by atoms with Gasteiger partial charge < -0.3 is 28.6 Å². The number of nitrogens with zero attached hydrogens (tertiary/aromatic N) is 5. The lowest BCUT2D eigenvalue weighted by molar-refractivity contribution is 0.189. The van der Waals surface area contributed by atoms with E-state index in [0.717, 1.165) is 24.0 Å². The maximum Gasteiger partial charge on any atom is 0.336 e. The van der Waals surface area contributed by atoms with Crippen molar-refractivity contribution in [1.82, 2.24) is 19.6 Å². The van der Waals surface area contributed by atoms with E-state index in [1.54, 1.807) is 45.3 Å². The summed E-state index contributed by atoms with van der Waals surface area (Å²) in [6.07, 6.45) is 5.40. The van der Waals surface area contributed by atoms with Crippen LogP contribution in [0.4, 0.5) is 5.82 Å². The van der Waals surface area contributed by atoms with E-state index in [1.807, 2.05) is 43.3 Å². The van der Waals surface area contributed by atoms with Gasteiger partial charge in [-0.3, -0.25) is 0 Å². The molecule has 2 aromatic carbocycles. The maximum absolute atomic E-state index is 6.09. The second-order valence-electron chi connectivity index (χ2n) is 8.87. The number of imidazole rings is 1. The summed E-state index contributed by atoms with van der Waals surface area (Å²) in [5.41, 5.74) is 2.64. The highest BCUT2D eigenvalue weighted by atomic mass is 16.5. The summed E-state index contributed by atoms with van der Waals surface area (Å²) in [5.74, 6) is 3.29. The van der Waals surface area contributed by atoms with Gasteiger partial charge in [-0.15, -0.1) is 5.10 Å². The zero-order valence-corrected chi connectivity index (χ0v) is 22.8. The summed E-state index contributed by atoms with van der Waals surface area (Å²) >= 11 is 0. The molecule has 4 rings (SSSR count). The van der Waals surface area contributed by atoms with Crippen LogP contribution in [0.5, 0.6) is 29.0 Å². The topological polar surface area (TPSA) is 92.5 Å². The van der Waals surface area contributed by atoms with Crippen LogP contribution in [0.1, 0.15) is 37.8 Å². The molecule has 10 nitrogen and oxygen atoms in total. The Morgan fingerprint density at radius 1 is 0.842 bits per heavy atom. The molecule has 0 fully saturated rings. The molecule has 10 heteroatoms. The minimum atomic E-state index is -0.0148. The normalized spacial score (nSPS) is 11.7. The monoisotopic (exact) mass is 521 g/mol. The third kappa shape index (κ3) is 6.01. The van der Waals surface area contributed by atoms with Crippen LogP contribution in [-0.4, -0.2) is 54.1 Å². The Balaban J connectivity index is 1.78. The van der Waals surface area contributed by atoms with E-state index in [-0.39, 0.29) is 6.10 Å². The van der Waals surface area contributed by atoms with E-state index in [1.165, 1.54) is 0 Å². The van der Waals surface area contributed by atoms with Gasteiger partial charge in [-0.05, 0) is 48.7 Å². The van der Waals surface area contributed by atoms with Gasteiger partial charge in [0.25, 0.3) is 0 Å². The van der Waals surface area contributed by atoms with Gasteiger partial charge in [0, 0.05) is 25.5 Å². The highest BCUT2D eigenvalue weighted by Gasteiger charge is 2.20. The quantitative estimate of drug-likeness (QED) is 0.243. The number of ether oxygens (including phenoxy) is 5. The second-order valence-corrected chi connectivity index (χ2v) is 8.87. The summed E-state index contributed by atoms with van der Waals surface area (Å²) in [4.78, 5) is 11.5. The molecule has 38 heavy (non-hydrogen) atoms. The lowest BCUT2D eigenvalue weighted by Gasteiger charge is -2.25. The third-order valence-corrected chi connectivity index (χ3v) is 6.16. The molecule has 4 aromatic rings. The average Bonchev–Trinajstić information content (AvgIpc) is 3.41. The van der Waals surface area contributed by atoms with Crippen LogP contribution in [0.25, 0.3) is 5.65 Å². The molecular formula is C28H35N5O5. The minimum absolute atomic E-state index is 0.0148. The van der Waals surface area contributed by atoms with E-state index in [0.29, 0.717) is 53.6 Å². The largest absolute Gasteiger partial charge is 0.493 e. The van der Waals surface area contributed by atoms with Crippen molar-refractivity contribution < 1.29 is 23.7 Å². The Kier molecular flexibility index (Phi) is 8.73. The summed E-state index contributed by atoms with van der Waals surface area (Å²) in [6, 6.07) is 12.0. The Morgan fingerprint density at radius 2 is 1.42 bits per heavy atom. The molecular weight excluding hydrogens is 486 g/mol. The van der Waals surface area contributed by atoms with Crippen molar-refractivity contribution in [2.24, 2.45) is 0 Å². The summed E-state index contributed by atoms with van der Waals surface area (Å²) in [5, 5.41) is 4.54. The molecule has 0 saturated heterocycles. The number of hydrogen-bond acceptors (Lipinski definition) is 9. The smallest absolute Gasteiger partial charge is 0.336 e. The number of aromatic nitrogens is 4. The van der Waals surface area contributed by atoms with E-state index in [9.17, 15) is 0 Å². The molecule has 0 N–H and O–H groups in total. The molecule has 0 aliphatic carbocycles. The summed E-state index contributed by atoms with van der Waals surface area (Å²) in [6.45, 7) is 5.17. The fourth-order valence-electron chi connectivity index (χ4n) is 4.30. The van der Waals surface area contributed by atoms with Crippen LogP contribution in [-0.2, 0) is 13.1 Å². The zero-order chi connectivity index (χ0) is 27.1. The standard InChI is InChI=1S/C28H35N5O5/c1-7-8-19(2)38-28-30-27(26-29-13-14-33(26)31-28)32(17-20-9-11-22(34-3)24(15-20)36-5)18-21-10-12-23(35-4)25(16-21)37-6/h9-16,19H,7-8,17-18H2,1-6H3/t19-/m0/s1. The molecule has 0 spiro atoms. The van der Waals surface area contributed by atoms with Gasteiger partial charge in [-0.25, -0.2) is 9.50 Å². The van der Waals surface area contributed by atoms with Gasteiger partial charge in [-0.2, -0.15) is 4.98 Å². The molecule has 2 heterocycles. The number of hydrogen-bond donors (Lipinski definition) is 0. The van der Waals surface area contributed by atoms with Crippen molar-refractivity contribution in [3.63, 3.8) is 0 Å². The van der Waals surface area contributed by atoms with Crippen LogP contribution in [0.3, 0.4) is 0 Å². The lowest BCUT2D eigenvalue weighted by Crippen LogP contribution is -2.25. The van der Waals surface area contributed by atoms with Gasteiger partial charge in [0.05, 0.1) is 34.5 Å². The zero-order valence-electron chi connectivity index (χ0n) is 22.8. The molecule has 1 atom stereocenters. The molecule has 0 aliphatic heterocycles. The van der Waals surface area contributed by atoms with Crippen LogP contribution in [0.2, 0.25) is 0 Å². The van der Waals surface area contributed by atoms with Crippen molar-refractivity contribution in [3.05, 3.63) is 59.9 Å². The van der Waals surface area contributed by atoms with Crippen molar-refractivity contribution >= 4 is 11.5 Å². The molecule has 0 radical (unpaired) electrons. The van der Waals surface area contributed by atoms with Gasteiger partial charge in [0.15, 0.2) is 34.5 Å². The van der Waals surface area contributed by atoms with Crippen molar-refractivity contribution in [2.75, 3.05) is 33.3 Å². The average molecular weight is 522 g/mol. The molecule has 0 saturated carbocycles. The summed E-state index contributed by atoms with van der Waals surface area (Å²) in [7, 11) is 6.50. The molecule has 0 unspecified atom stereocenters. The molecule has 2 aromatic heterocycles. The molecule has 0 aliphatic rings. The first-order valence-corrected chi connectivity index (χ1v) is 12.5. The van der Waals surface area contributed by atoms with Gasteiger partial charge in [-0.1, -0.05) is 25.5 Å². The predicted molar refractivity (Wildman–Crippen MR) is 145 cm³/mol. The molecule has 0 bridgehead atoms. The van der Waals surface area contributed by atoms with Gasteiger partial charge >= 0.3 is 6.01 Å². The van der Waals surface area contributed by atoms with E-state index in [4.69, 9.17) is 28.7 Å². The number of methoxy groups -OCH3 is 4. The Labute approximate surface area is 223 Å². The van der Waals surface area contributed by atoms with Gasteiger partial charge in [0.1, 0.15) is 0 Å². The van der Waals surface area contributed by atoms with Crippen molar-refractivity contribution in [2.45, 2.75) is 45.9 Å². The third-order valence-electron chi connectivity index (χ3n) is 6.16. The van der Waals surface area contributed by atoms with E-state index < -0.39 is 0 Å². The highest BCUT2D eigenvalue weighted by Crippen LogP contribution is 2.32. The van der Waals surface area contributed by atoms with Crippen LogP contribution in [0.15, 0.2) is 48.8 Å². The Hall–Kier alpha value is -4.21. The van der Waals surface area contributed by atoms with Crippen LogP contribution in [0, 0.1) is 0 Å². The molecule has 202 valence electrons. The van der Waals surface area contributed by atoms with Crippen molar-refractivity contribution in [1.29, 1.82) is 0 Å². The lowest BCUT2D eigenvalue weighted by atomic mass is 10.1. The Morgan fingerprint density at radius 3 is 1.95 bits per heavy atom. The van der Waals surface area contributed by atoms with Crippen LogP contribution >= 0.6 is 0 Å². The maximum atomic E-state index is 6.09. The predicted octanol–water partition coefficient (Wildman–Crippen LogP) is 4.93. The number of fused-ring (bicyclic) bond motifs is 1. The van der Waals surface area contributed by atoms with E-state index >= 15 is 0 Å². The number of rotatable bonds is 13. The van der Waals surface area contributed by atoms with Crippen LogP contribution < -0.4 is 28.6 Å². The van der Waals surface area contributed by atoms with E-state index in [2.05, 4.69) is 21.9 Å². The minimum Gasteiger partial charge on any atom is -0.493 e. The second kappa shape index (κ2) is 12.4. The SMILES string of the molecule is CCC[C@H](C)Oc1nc(N(Cc2ccc(OC)c(OC)c2)Cc2ccc(OC)c(OC)c2)c2nccn2n1. The van der Waals surface area contributed by atoms with Gasteiger partial charge in [0.2, 0.25) is 0 Å². The summed E-state index contributed by atoms with van der Waals surface area (Å²) < 4.78 is 29.7. The first-order chi connectivity index (χ1) is 18.5. The Bertz CT molecular complexity index is 1300. The number of benzene rings is 2. The first kappa shape index (κ1) is 26.8. The fraction of sp³-hybridized carbons (Fsp3) is 0.393. The number of anilines is 1. The molecule has 0 amide bonds.